The average molecular weight is 352 g/mol. The van der Waals surface area contributed by atoms with Gasteiger partial charge in [0.25, 0.3) is 0 Å². The van der Waals surface area contributed by atoms with Gasteiger partial charge in [-0.25, -0.2) is 4.39 Å². The first kappa shape index (κ1) is 16.0. The molecule has 0 aliphatic heterocycles. The van der Waals surface area contributed by atoms with Crippen molar-refractivity contribution in [2.45, 2.75) is 19.9 Å². The van der Waals surface area contributed by atoms with Crippen LogP contribution in [0, 0.1) is 19.7 Å². The number of rotatable bonds is 4. The maximum atomic E-state index is 13.5. The Morgan fingerprint density at radius 3 is 2.29 bits per heavy atom. The molecule has 0 heterocycles. The summed E-state index contributed by atoms with van der Waals surface area (Å²) >= 11 is 3.45. The minimum Gasteiger partial charge on any atom is -0.496 e. The van der Waals surface area contributed by atoms with Crippen molar-refractivity contribution in [3.63, 3.8) is 0 Å². The second-order valence-electron chi connectivity index (χ2n) is 5.06. The standard InChI is InChI=1S/C17H19BrFNO/c1-10-7-13(19)8-11(2)16(10)17(20-3)14-6-5-12(18)9-15(14)21-4/h5-9,17,20H,1-4H3. The first-order chi connectivity index (χ1) is 9.97. The smallest absolute Gasteiger partial charge is 0.125 e. The third kappa shape index (κ3) is 3.27. The van der Waals surface area contributed by atoms with Crippen LogP contribution in [-0.2, 0) is 0 Å². The lowest BCUT2D eigenvalue weighted by Gasteiger charge is -2.23. The minimum absolute atomic E-state index is 0.0475. The SMILES string of the molecule is CNC(c1ccc(Br)cc1OC)c1c(C)cc(F)cc1C. The Morgan fingerprint density at radius 2 is 1.76 bits per heavy atom. The van der Waals surface area contributed by atoms with Gasteiger partial charge in [-0.1, -0.05) is 22.0 Å². The number of methoxy groups -OCH3 is 1. The van der Waals surface area contributed by atoms with Crippen molar-refractivity contribution in [3.8, 4) is 5.75 Å². The molecule has 112 valence electrons. The van der Waals surface area contributed by atoms with Crippen molar-refractivity contribution in [1.29, 1.82) is 0 Å². The fourth-order valence-corrected chi connectivity index (χ4v) is 3.10. The van der Waals surface area contributed by atoms with E-state index < -0.39 is 0 Å². The summed E-state index contributed by atoms with van der Waals surface area (Å²) in [6.45, 7) is 3.86. The Bertz CT molecular complexity index is 634. The highest BCUT2D eigenvalue weighted by Crippen LogP contribution is 2.35. The molecular formula is C17H19BrFNO. The predicted octanol–water partition coefficient (Wildman–Crippen LogP) is 4.52. The van der Waals surface area contributed by atoms with E-state index in [4.69, 9.17) is 4.74 Å². The molecule has 2 aromatic carbocycles. The quantitative estimate of drug-likeness (QED) is 0.873. The van der Waals surface area contributed by atoms with Gasteiger partial charge < -0.3 is 10.1 Å². The molecule has 1 N–H and O–H groups in total. The highest BCUT2D eigenvalue weighted by Gasteiger charge is 2.21. The summed E-state index contributed by atoms with van der Waals surface area (Å²) in [5.41, 5.74) is 3.97. The summed E-state index contributed by atoms with van der Waals surface area (Å²) in [5.74, 6) is 0.596. The number of hydrogen-bond donors (Lipinski definition) is 1. The van der Waals surface area contributed by atoms with Crippen molar-refractivity contribution in [2.75, 3.05) is 14.2 Å². The van der Waals surface area contributed by atoms with Crippen LogP contribution in [0.3, 0.4) is 0 Å². The molecular weight excluding hydrogens is 333 g/mol. The summed E-state index contributed by atoms with van der Waals surface area (Å²) in [7, 11) is 3.55. The normalized spacial score (nSPS) is 12.3. The third-order valence-corrected chi connectivity index (χ3v) is 4.14. The number of nitrogens with one attached hydrogen (secondary N) is 1. The van der Waals surface area contributed by atoms with E-state index in [1.165, 1.54) is 0 Å². The molecule has 0 fully saturated rings. The van der Waals surface area contributed by atoms with Gasteiger partial charge in [0.2, 0.25) is 0 Å². The highest BCUT2D eigenvalue weighted by atomic mass is 79.9. The molecule has 0 saturated heterocycles. The van der Waals surface area contributed by atoms with Crippen LogP contribution in [0.1, 0.15) is 28.3 Å². The van der Waals surface area contributed by atoms with Crippen molar-refractivity contribution in [2.24, 2.45) is 0 Å². The van der Waals surface area contributed by atoms with E-state index in [1.807, 2.05) is 39.1 Å². The summed E-state index contributed by atoms with van der Waals surface area (Å²) in [5, 5.41) is 3.31. The molecule has 0 aliphatic rings. The van der Waals surface area contributed by atoms with Crippen LogP contribution >= 0.6 is 15.9 Å². The van der Waals surface area contributed by atoms with Gasteiger partial charge in [-0.2, -0.15) is 0 Å². The van der Waals surface area contributed by atoms with Crippen molar-refractivity contribution >= 4 is 15.9 Å². The van der Waals surface area contributed by atoms with E-state index in [1.54, 1.807) is 19.2 Å². The number of aryl methyl sites for hydroxylation is 2. The summed E-state index contributed by atoms with van der Waals surface area (Å²) in [4.78, 5) is 0. The molecule has 4 heteroatoms. The topological polar surface area (TPSA) is 21.3 Å². The summed E-state index contributed by atoms with van der Waals surface area (Å²) in [6.07, 6.45) is 0. The maximum absolute atomic E-state index is 13.5. The zero-order chi connectivity index (χ0) is 15.6. The van der Waals surface area contributed by atoms with Crippen molar-refractivity contribution in [3.05, 3.63) is 62.9 Å². The first-order valence-corrected chi connectivity index (χ1v) is 7.54. The van der Waals surface area contributed by atoms with E-state index in [2.05, 4.69) is 21.2 Å². The molecule has 0 bridgehead atoms. The van der Waals surface area contributed by atoms with E-state index in [0.29, 0.717) is 0 Å². The molecule has 0 aliphatic carbocycles. The molecule has 1 atom stereocenters. The Kier molecular flexibility index (Phi) is 5.01. The lowest BCUT2D eigenvalue weighted by Crippen LogP contribution is -2.20. The molecule has 1 unspecified atom stereocenters. The van der Waals surface area contributed by atoms with Gasteiger partial charge in [-0.05, 0) is 61.9 Å². The number of halogens is 2. The van der Waals surface area contributed by atoms with Crippen LogP contribution in [0.25, 0.3) is 0 Å². The van der Waals surface area contributed by atoms with Crippen LogP contribution < -0.4 is 10.1 Å². The second-order valence-corrected chi connectivity index (χ2v) is 5.98. The summed E-state index contributed by atoms with van der Waals surface area (Å²) < 4.78 is 20.0. The average Bonchev–Trinajstić information content (AvgIpc) is 2.43. The van der Waals surface area contributed by atoms with Gasteiger partial charge in [0, 0.05) is 10.0 Å². The lowest BCUT2D eigenvalue weighted by atomic mass is 9.91. The molecule has 0 aromatic heterocycles. The first-order valence-electron chi connectivity index (χ1n) is 6.75. The maximum Gasteiger partial charge on any atom is 0.125 e. The Labute approximate surface area is 133 Å². The second kappa shape index (κ2) is 6.58. The van der Waals surface area contributed by atoms with Crippen molar-refractivity contribution in [1.82, 2.24) is 5.32 Å². The fraction of sp³-hybridized carbons (Fsp3) is 0.294. The summed E-state index contributed by atoms with van der Waals surface area (Å²) in [6, 6.07) is 9.03. The van der Waals surface area contributed by atoms with Crippen LogP contribution in [-0.4, -0.2) is 14.2 Å². The molecule has 0 amide bonds. The lowest BCUT2D eigenvalue weighted by molar-refractivity contribution is 0.405. The molecule has 21 heavy (non-hydrogen) atoms. The fourth-order valence-electron chi connectivity index (χ4n) is 2.76. The van der Waals surface area contributed by atoms with Gasteiger partial charge in [-0.3, -0.25) is 0 Å². The van der Waals surface area contributed by atoms with E-state index in [9.17, 15) is 4.39 Å². The molecule has 0 spiro atoms. The Morgan fingerprint density at radius 1 is 1.14 bits per heavy atom. The van der Waals surface area contributed by atoms with Crippen LogP contribution in [0.5, 0.6) is 5.75 Å². The van der Waals surface area contributed by atoms with E-state index >= 15 is 0 Å². The van der Waals surface area contributed by atoms with Crippen molar-refractivity contribution < 1.29 is 9.13 Å². The van der Waals surface area contributed by atoms with Crippen LogP contribution in [0.15, 0.2) is 34.8 Å². The van der Waals surface area contributed by atoms with E-state index in [-0.39, 0.29) is 11.9 Å². The van der Waals surface area contributed by atoms with Gasteiger partial charge in [0.15, 0.2) is 0 Å². The van der Waals surface area contributed by atoms with Crippen LogP contribution in [0.4, 0.5) is 4.39 Å². The third-order valence-electron chi connectivity index (χ3n) is 3.64. The number of hydrogen-bond acceptors (Lipinski definition) is 2. The highest BCUT2D eigenvalue weighted by molar-refractivity contribution is 9.10. The minimum atomic E-state index is -0.202. The zero-order valence-corrected chi connectivity index (χ0v) is 14.2. The number of ether oxygens (including phenoxy) is 1. The molecule has 0 saturated carbocycles. The largest absolute Gasteiger partial charge is 0.496 e. The van der Waals surface area contributed by atoms with Gasteiger partial charge in [0.05, 0.1) is 13.2 Å². The monoisotopic (exact) mass is 351 g/mol. The predicted molar refractivity (Wildman–Crippen MR) is 87.5 cm³/mol. The molecule has 0 radical (unpaired) electrons. The van der Waals surface area contributed by atoms with Crippen LogP contribution in [0.2, 0.25) is 0 Å². The van der Waals surface area contributed by atoms with E-state index in [0.717, 1.165) is 32.5 Å². The molecule has 2 rings (SSSR count). The van der Waals surface area contributed by atoms with Gasteiger partial charge in [0.1, 0.15) is 11.6 Å². The van der Waals surface area contributed by atoms with Gasteiger partial charge in [-0.15, -0.1) is 0 Å². The number of benzene rings is 2. The van der Waals surface area contributed by atoms with Gasteiger partial charge >= 0.3 is 0 Å². The molecule has 2 nitrogen and oxygen atoms in total. The Hall–Kier alpha value is -1.39. The zero-order valence-electron chi connectivity index (χ0n) is 12.6. The molecule has 2 aromatic rings. The Balaban J connectivity index is 2.60.